The molecule has 0 rings (SSSR count). The number of hydrogen-bond acceptors (Lipinski definition) is 4. The quantitative estimate of drug-likeness (QED) is 0.339. The number of hydrogen-bond donors (Lipinski definition) is 4. The summed E-state index contributed by atoms with van der Waals surface area (Å²) >= 11 is 0. The van der Waals surface area contributed by atoms with E-state index >= 15 is 0 Å². The van der Waals surface area contributed by atoms with Gasteiger partial charge in [-0.3, -0.25) is 18.2 Å². The van der Waals surface area contributed by atoms with Crippen LogP contribution in [0.5, 0.6) is 0 Å². The van der Waals surface area contributed by atoms with E-state index in [1.807, 2.05) is 0 Å². The Morgan fingerprint density at radius 1 is 0.667 bits per heavy atom. The van der Waals surface area contributed by atoms with Crippen molar-refractivity contribution < 1.29 is 40.5 Å². The van der Waals surface area contributed by atoms with Crippen LogP contribution in [0.3, 0.4) is 0 Å². The standard InChI is InChI=1S/Cs.2H2O4S.H2O.H/c;2*1-5(2,3)4;;/h;2*(H2,1,2,3,4);1H2;. The Hall–Kier alpha value is 1.75. The van der Waals surface area contributed by atoms with Gasteiger partial charge in [0.15, 0.2) is 0 Å². The molecule has 0 bridgehead atoms. The molecule has 0 unspecified atom stereocenters. The summed E-state index contributed by atoms with van der Waals surface area (Å²) in [4.78, 5) is 0. The molecule has 0 aliphatic heterocycles. The zero-order valence-corrected chi connectivity index (χ0v) is 6.37. The van der Waals surface area contributed by atoms with Crippen LogP contribution in [0.15, 0.2) is 0 Å². The van der Waals surface area contributed by atoms with Gasteiger partial charge in [0.05, 0.1) is 0 Å². The van der Waals surface area contributed by atoms with Crippen LogP contribution in [0, 0.1) is 0 Å². The van der Waals surface area contributed by atoms with Gasteiger partial charge >= 0.3 is 89.7 Å². The molecular formula is H7CsO9S2. The van der Waals surface area contributed by atoms with E-state index in [9.17, 15) is 0 Å². The summed E-state index contributed by atoms with van der Waals surface area (Å²) in [6.07, 6.45) is 0. The minimum atomic E-state index is -4.67. The van der Waals surface area contributed by atoms with E-state index in [0.29, 0.717) is 0 Å². The van der Waals surface area contributed by atoms with Gasteiger partial charge in [-0.05, 0) is 0 Å². The molecule has 0 spiro atoms. The molecule has 0 amide bonds. The predicted molar refractivity (Wildman–Crippen MR) is 39.1 cm³/mol. The van der Waals surface area contributed by atoms with Gasteiger partial charge < -0.3 is 5.48 Å². The molecule has 0 aromatic carbocycles. The van der Waals surface area contributed by atoms with Crippen LogP contribution in [0.1, 0.15) is 0 Å². The topological polar surface area (TPSA) is 181 Å². The van der Waals surface area contributed by atoms with E-state index in [0.717, 1.165) is 0 Å². The van der Waals surface area contributed by atoms with Crippen molar-refractivity contribution in [2.45, 2.75) is 0 Å². The van der Waals surface area contributed by atoms with Crippen LogP contribution >= 0.6 is 0 Å². The first-order valence-corrected chi connectivity index (χ1v) is 4.19. The third-order valence-electron chi connectivity index (χ3n) is 0. The van der Waals surface area contributed by atoms with Gasteiger partial charge in [-0.1, -0.05) is 0 Å². The Morgan fingerprint density at radius 2 is 0.667 bits per heavy atom. The Morgan fingerprint density at radius 3 is 0.667 bits per heavy atom. The molecule has 0 atom stereocenters. The molecule has 6 N–H and O–H groups in total. The second-order valence-electron chi connectivity index (χ2n) is 0.896. The molecule has 0 saturated heterocycles. The van der Waals surface area contributed by atoms with Crippen LogP contribution < -0.4 is 0 Å². The van der Waals surface area contributed by atoms with Crippen molar-refractivity contribution >= 4 is 89.7 Å². The fourth-order valence-electron chi connectivity index (χ4n) is 0. The first-order valence-electron chi connectivity index (χ1n) is 1.40. The summed E-state index contributed by atoms with van der Waals surface area (Å²) in [5.41, 5.74) is 0. The third-order valence-corrected chi connectivity index (χ3v) is 0. The minimum absolute atomic E-state index is 0. The third kappa shape index (κ3) is 443. The molecular weight excluding hydrogens is 341 g/mol. The van der Waals surface area contributed by atoms with Gasteiger partial charge in [0.1, 0.15) is 0 Å². The summed E-state index contributed by atoms with van der Waals surface area (Å²) < 4.78 is 63.2. The maximum absolute atomic E-state index is 8.74. The van der Waals surface area contributed by atoms with Gasteiger partial charge in [-0.15, -0.1) is 0 Å². The summed E-state index contributed by atoms with van der Waals surface area (Å²) in [6, 6.07) is 0. The van der Waals surface area contributed by atoms with Gasteiger partial charge in [0.25, 0.3) is 0 Å². The first kappa shape index (κ1) is 23.5. The predicted octanol–water partition coefficient (Wildman–Crippen LogP) is -2.78. The Kier molecular flexibility index (Phi) is 18.2. The molecule has 9 nitrogen and oxygen atoms in total. The number of rotatable bonds is 0. The Balaban J connectivity index is -0.0000000457. The normalized spacial score (nSPS) is 9.67. The summed E-state index contributed by atoms with van der Waals surface area (Å²) in [5, 5.41) is 0. The summed E-state index contributed by atoms with van der Waals surface area (Å²) in [6.45, 7) is 0. The van der Waals surface area contributed by atoms with Crippen molar-refractivity contribution in [3.05, 3.63) is 0 Å². The second-order valence-corrected chi connectivity index (χ2v) is 2.69. The molecule has 12 heavy (non-hydrogen) atoms. The molecule has 0 aliphatic rings. The zero-order chi connectivity index (χ0) is 9.00. The summed E-state index contributed by atoms with van der Waals surface area (Å²) in [7, 11) is -9.33. The van der Waals surface area contributed by atoms with Crippen LogP contribution in [-0.4, -0.2) is 109 Å². The average Bonchev–Trinajstić information content (AvgIpc) is 1.12. The Labute approximate surface area is 127 Å². The van der Waals surface area contributed by atoms with E-state index in [-0.39, 0.29) is 74.4 Å². The van der Waals surface area contributed by atoms with Crippen molar-refractivity contribution in [2.24, 2.45) is 0 Å². The molecule has 0 aliphatic carbocycles. The molecule has 0 aromatic heterocycles. The van der Waals surface area contributed by atoms with Crippen LogP contribution in [-0.2, 0) is 20.8 Å². The van der Waals surface area contributed by atoms with Crippen LogP contribution in [0.4, 0.5) is 0 Å². The van der Waals surface area contributed by atoms with Crippen molar-refractivity contribution in [3.63, 3.8) is 0 Å². The van der Waals surface area contributed by atoms with E-state index in [2.05, 4.69) is 0 Å². The van der Waals surface area contributed by atoms with Gasteiger partial charge in [0, 0.05) is 0 Å². The van der Waals surface area contributed by atoms with Crippen molar-refractivity contribution in [2.75, 3.05) is 0 Å². The van der Waals surface area contributed by atoms with E-state index < -0.39 is 20.8 Å². The fourth-order valence-corrected chi connectivity index (χ4v) is 0. The Bertz CT molecular complexity index is 209. The molecule has 0 heterocycles. The van der Waals surface area contributed by atoms with Crippen LogP contribution in [0.25, 0.3) is 0 Å². The van der Waals surface area contributed by atoms with Gasteiger partial charge in [-0.25, -0.2) is 0 Å². The zero-order valence-electron chi connectivity index (χ0n) is 4.74. The monoisotopic (exact) mass is 348 g/mol. The van der Waals surface area contributed by atoms with Gasteiger partial charge in [-0.2, -0.15) is 16.8 Å². The molecule has 0 saturated carbocycles. The molecule has 0 aromatic rings. The van der Waals surface area contributed by atoms with Crippen molar-refractivity contribution in [3.8, 4) is 0 Å². The fraction of sp³-hybridized carbons (Fsp3) is 0. The maximum atomic E-state index is 8.74. The van der Waals surface area contributed by atoms with Crippen molar-refractivity contribution in [1.29, 1.82) is 0 Å². The second kappa shape index (κ2) is 9.31. The first-order chi connectivity index (χ1) is 4.00. The molecule has 0 fully saturated rings. The summed E-state index contributed by atoms with van der Waals surface area (Å²) in [5.74, 6) is 0. The molecule has 0 radical (unpaired) electrons. The van der Waals surface area contributed by atoms with E-state index in [1.54, 1.807) is 0 Å². The molecule has 12 heteroatoms. The average molecular weight is 348 g/mol. The van der Waals surface area contributed by atoms with Crippen molar-refractivity contribution in [1.82, 2.24) is 0 Å². The van der Waals surface area contributed by atoms with Gasteiger partial charge in [0.2, 0.25) is 0 Å². The SMILES string of the molecule is O.O=S(=O)(O)O.O=S(=O)(O)O.[CsH]. The molecule has 74 valence electrons. The van der Waals surface area contributed by atoms with E-state index in [1.165, 1.54) is 0 Å². The van der Waals surface area contributed by atoms with E-state index in [4.69, 9.17) is 35.0 Å². The van der Waals surface area contributed by atoms with Crippen LogP contribution in [0.2, 0.25) is 0 Å².